The van der Waals surface area contributed by atoms with Crippen molar-refractivity contribution < 1.29 is 0 Å². The molecule has 0 amide bonds. The number of rotatable bonds is 3. The Morgan fingerprint density at radius 1 is 1.57 bits per heavy atom. The van der Waals surface area contributed by atoms with Crippen LogP contribution in [0.25, 0.3) is 0 Å². The van der Waals surface area contributed by atoms with Crippen LogP contribution in [0.5, 0.6) is 0 Å². The highest BCUT2D eigenvalue weighted by molar-refractivity contribution is 7.98. The van der Waals surface area contributed by atoms with E-state index in [4.69, 9.17) is 0 Å². The summed E-state index contributed by atoms with van der Waals surface area (Å²) in [6, 6.07) is 0. The second kappa shape index (κ2) is 4.04. The van der Waals surface area contributed by atoms with Crippen molar-refractivity contribution in [2.75, 3.05) is 11.9 Å². The van der Waals surface area contributed by atoms with Gasteiger partial charge in [0.1, 0.15) is 0 Å². The van der Waals surface area contributed by atoms with Crippen molar-refractivity contribution in [2.24, 2.45) is 0 Å². The third-order valence-electron chi connectivity index (χ3n) is 2.13. The molecular weight excluding hydrogens is 198 g/mol. The SMILES string of the molecule is CCCNc1nc2c(c(=O)[nH]1)CSC2. The smallest absolute Gasteiger partial charge is 0.256 e. The van der Waals surface area contributed by atoms with E-state index in [-0.39, 0.29) is 5.56 Å². The molecule has 4 nitrogen and oxygen atoms in total. The van der Waals surface area contributed by atoms with Crippen LogP contribution < -0.4 is 10.9 Å². The fraction of sp³-hybridized carbons (Fsp3) is 0.556. The molecule has 0 saturated carbocycles. The van der Waals surface area contributed by atoms with Gasteiger partial charge in [-0.25, -0.2) is 4.98 Å². The zero-order valence-corrected chi connectivity index (χ0v) is 8.91. The van der Waals surface area contributed by atoms with Crippen LogP contribution in [-0.4, -0.2) is 16.5 Å². The van der Waals surface area contributed by atoms with E-state index in [2.05, 4.69) is 22.2 Å². The number of thioether (sulfide) groups is 1. The van der Waals surface area contributed by atoms with Gasteiger partial charge < -0.3 is 5.32 Å². The van der Waals surface area contributed by atoms with Gasteiger partial charge in [-0.1, -0.05) is 6.92 Å². The summed E-state index contributed by atoms with van der Waals surface area (Å²) in [5.74, 6) is 2.27. The quantitative estimate of drug-likeness (QED) is 0.792. The van der Waals surface area contributed by atoms with Gasteiger partial charge in [-0.3, -0.25) is 9.78 Å². The Morgan fingerprint density at radius 2 is 2.43 bits per heavy atom. The topological polar surface area (TPSA) is 57.8 Å². The zero-order valence-electron chi connectivity index (χ0n) is 8.09. The number of anilines is 1. The Bertz CT molecular complexity index is 388. The molecule has 2 rings (SSSR count). The van der Waals surface area contributed by atoms with Crippen LogP contribution >= 0.6 is 11.8 Å². The van der Waals surface area contributed by atoms with Gasteiger partial charge in [0, 0.05) is 23.6 Å². The Labute approximate surface area is 86.5 Å². The van der Waals surface area contributed by atoms with Crippen molar-refractivity contribution in [3.8, 4) is 0 Å². The molecule has 0 unspecified atom stereocenters. The van der Waals surface area contributed by atoms with E-state index in [1.165, 1.54) is 0 Å². The molecule has 1 aromatic rings. The lowest BCUT2D eigenvalue weighted by atomic mass is 10.3. The molecule has 1 aliphatic rings. The van der Waals surface area contributed by atoms with Crippen molar-refractivity contribution >= 4 is 17.7 Å². The van der Waals surface area contributed by atoms with E-state index in [9.17, 15) is 4.79 Å². The second-order valence-electron chi connectivity index (χ2n) is 3.26. The van der Waals surface area contributed by atoms with Crippen molar-refractivity contribution in [1.29, 1.82) is 0 Å². The van der Waals surface area contributed by atoms with Crippen LogP contribution in [0.15, 0.2) is 4.79 Å². The molecule has 0 atom stereocenters. The number of H-pyrrole nitrogens is 1. The molecule has 1 aliphatic heterocycles. The highest BCUT2D eigenvalue weighted by atomic mass is 32.2. The van der Waals surface area contributed by atoms with Crippen molar-refractivity contribution in [3.63, 3.8) is 0 Å². The van der Waals surface area contributed by atoms with Crippen molar-refractivity contribution in [1.82, 2.24) is 9.97 Å². The van der Waals surface area contributed by atoms with Crippen molar-refractivity contribution in [2.45, 2.75) is 24.9 Å². The third-order valence-corrected chi connectivity index (χ3v) is 3.10. The van der Waals surface area contributed by atoms with Gasteiger partial charge in [-0.15, -0.1) is 0 Å². The van der Waals surface area contributed by atoms with Crippen LogP contribution in [-0.2, 0) is 11.5 Å². The normalized spacial score (nSPS) is 14.1. The number of nitrogens with one attached hydrogen (secondary N) is 2. The minimum atomic E-state index is 0.0126. The molecule has 0 aliphatic carbocycles. The maximum Gasteiger partial charge on any atom is 0.256 e. The van der Waals surface area contributed by atoms with E-state index >= 15 is 0 Å². The van der Waals surface area contributed by atoms with Gasteiger partial charge in [0.2, 0.25) is 5.95 Å². The molecular formula is C9H13N3OS. The average Bonchev–Trinajstić information content (AvgIpc) is 2.63. The number of hydrogen-bond acceptors (Lipinski definition) is 4. The predicted molar refractivity (Wildman–Crippen MR) is 58.6 cm³/mol. The van der Waals surface area contributed by atoms with Crippen LogP contribution in [0, 0.1) is 0 Å². The first-order valence-electron chi connectivity index (χ1n) is 4.75. The lowest BCUT2D eigenvalue weighted by Gasteiger charge is -2.04. The summed E-state index contributed by atoms with van der Waals surface area (Å²) < 4.78 is 0. The maximum atomic E-state index is 11.5. The lowest BCUT2D eigenvalue weighted by Crippen LogP contribution is -2.17. The van der Waals surface area contributed by atoms with Crippen LogP contribution in [0.1, 0.15) is 24.6 Å². The molecule has 2 N–H and O–H groups in total. The van der Waals surface area contributed by atoms with E-state index in [0.717, 1.165) is 35.7 Å². The predicted octanol–water partition coefficient (Wildman–Crippen LogP) is 1.34. The van der Waals surface area contributed by atoms with Gasteiger partial charge in [0.15, 0.2) is 0 Å². The summed E-state index contributed by atoms with van der Waals surface area (Å²) in [7, 11) is 0. The molecule has 0 aromatic carbocycles. The molecule has 1 aromatic heterocycles. The molecule has 0 saturated heterocycles. The second-order valence-corrected chi connectivity index (χ2v) is 4.24. The molecule has 0 radical (unpaired) electrons. The minimum Gasteiger partial charge on any atom is -0.356 e. The summed E-state index contributed by atoms with van der Waals surface area (Å²) in [4.78, 5) is 18.7. The monoisotopic (exact) mass is 211 g/mol. The summed E-state index contributed by atoms with van der Waals surface area (Å²) in [5.41, 5.74) is 1.80. The maximum absolute atomic E-state index is 11.5. The largest absolute Gasteiger partial charge is 0.356 e. The highest BCUT2D eigenvalue weighted by Crippen LogP contribution is 2.25. The molecule has 0 fully saturated rings. The molecule has 76 valence electrons. The molecule has 0 bridgehead atoms. The fourth-order valence-electron chi connectivity index (χ4n) is 1.39. The van der Waals surface area contributed by atoms with Gasteiger partial charge in [-0.05, 0) is 6.42 Å². The molecule has 2 heterocycles. The first-order valence-corrected chi connectivity index (χ1v) is 5.90. The molecule has 14 heavy (non-hydrogen) atoms. The summed E-state index contributed by atoms with van der Waals surface area (Å²) in [5, 5.41) is 3.09. The van der Waals surface area contributed by atoms with E-state index in [1.807, 2.05) is 0 Å². The first kappa shape index (κ1) is 9.58. The third kappa shape index (κ3) is 1.77. The van der Waals surface area contributed by atoms with Crippen LogP contribution in [0.3, 0.4) is 0 Å². The Hall–Kier alpha value is -0.970. The molecule has 0 spiro atoms. The van der Waals surface area contributed by atoms with Gasteiger partial charge in [0.25, 0.3) is 5.56 Å². The van der Waals surface area contributed by atoms with Crippen molar-refractivity contribution in [3.05, 3.63) is 21.6 Å². The zero-order chi connectivity index (χ0) is 9.97. The number of fused-ring (bicyclic) bond motifs is 1. The standard InChI is InChI=1S/C9H13N3OS/c1-2-3-10-9-11-7-5-14-4-6(7)8(13)12-9/h2-5H2,1H3,(H2,10,11,12,13). The summed E-state index contributed by atoms with van der Waals surface area (Å²) in [6.45, 7) is 2.92. The Kier molecular flexibility index (Phi) is 2.77. The summed E-state index contributed by atoms with van der Waals surface area (Å²) >= 11 is 1.74. The fourth-order valence-corrected chi connectivity index (χ4v) is 2.43. The Morgan fingerprint density at radius 3 is 3.21 bits per heavy atom. The van der Waals surface area contributed by atoms with E-state index in [1.54, 1.807) is 11.8 Å². The minimum absolute atomic E-state index is 0.0126. The number of aromatic nitrogens is 2. The van der Waals surface area contributed by atoms with Gasteiger partial charge >= 0.3 is 0 Å². The summed E-state index contributed by atoms with van der Waals surface area (Å²) in [6.07, 6.45) is 1.02. The number of hydrogen-bond donors (Lipinski definition) is 2. The van der Waals surface area contributed by atoms with Crippen LogP contribution in [0.4, 0.5) is 5.95 Å². The van der Waals surface area contributed by atoms with Gasteiger partial charge in [-0.2, -0.15) is 11.8 Å². The lowest BCUT2D eigenvalue weighted by molar-refractivity contribution is 0.932. The Balaban J connectivity index is 2.28. The van der Waals surface area contributed by atoms with E-state index < -0.39 is 0 Å². The average molecular weight is 211 g/mol. The number of nitrogens with zero attached hydrogens (tertiary/aromatic N) is 1. The molecule has 5 heteroatoms. The highest BCUT2D eigenvalue weighted by Gasteiger charge is 2.17. The van der Waals surface area contributed by atoms with Crippen LogP contribution in [0.2, 0.25) is 0 Å². The first-order chi connectivity index (χ1) is 6.81. The van der Waals surface area contributed by atoms with E-state index in [0.29, 0.717) is 5.95 Å². The van der Waals surface area contributed by atoms with Gasteiger partial charge in [0.05, 0.1) is 5.69 Å². The number of aromatic amines is 1.